The number of hydrogen-bond donors (Lipinski definition) is 2. The van der Waals surface area contributed by atoms with Crippen LogP contribution in [0, 0.1) is 0 Å². The number of aromatic nitrogens is 2. The summed E-state index contributed by atoms with van der Waals surface area (Å²) in [5.74, 6) is -1.96. The zero-order valence-electron chi connectivity index (χ0n) is 13.2. The van der Waals surface area contributed by atoms with Gasteiger partial charge in [0.15, 0.2) is 0 Å². The van der Waals surface area contributed by atoms with E-state index in [0.29, 0.717) is 0 Å². The first-order valence-electron chi connectivity index (χ1n) is 6.71. The van der Waals surface area contributed by atoms with Crippen LogP contribution in [-0.2, 0) is 33.1 Å². The van der Waals surface area contributed by atoms with E-state index in [2.05, 4.69) is 34.6 Å². The van der Waals surface area contributed by atoms with Crippen LogP contribution in [0.1, 0.15) is 25.2 Å². The van der Waals surface area contributed by atoms with Gasteiger partial charge < -0.3 is 0 Å². The fourth-order valence-corrected chi connectivity index (χ4v) is 4.00. The Morgan fingerprint density at radius 2 is 1.17 bits per heavy atom. The van der Waals surface area contributed by atoms with Crippen molar-refractivity contribution < 1.29 is 25.9 Å². The van der Waals surface area contributed by atoms with Gasteiger partial charge in [-0.1, -0.05) is 13.8 Å². The van der Waals surface area contributed by atoms with Crippen LogP contribution in [0.15, 0.2) is 21.8 Å². The fourth-order valence-electron chi connectivity index (χ4n) is 1.03. The summed E-state index contributed by atoms with van der Waals surface area (Å²) in [5, 5.41) is 4.14. The lowest BCUT2D eigenvalue weighted by atomic mass is 10.4. The van der Waals surface area contributed by atoms with Crippen molar-refractivity contribution in [3.63, 3.8) is 0 Å². The SMILES string of the molecule is CCc1cscn1.CCc1cscn1.O=S(=O)(O)CCS(=O)(=O)O. The molecule has 0 aromatic carbocycles. The molecule has 0 aliphatic rings. The third-order valence-corrected chi connectivity index (χ3v) is 5.26. The quantitative estimate of drug-likeness (QED) is 0.708. The molecule has 0 bridgehead atoms. The molecule has 2 aromatic rings. The van der Waals surface area contributed by atoms with Gasteiger partial charge >= 0.3 is 0 Å². The van der Waals surface area contributed by atoms with Crippen LogP contribution in [0.5, 0.6) is 0 Å². The van der Waals surface area contributed by atoms with E-state index in [-0.39, 0.29) is 0 Å². The lowest BCUT2D eigenvalue weighted by molar-refractivity contribution is 0.472. The molecule has 2 rings (SSSR count). The van der Waals surface area contributed by atoms with Gasteiger partial charge in [-0.05, 0) is 12.8 Å². The largest absolute Gasteiger partial charge is 0.286 e. The molecule has 0 atom stereocenters. The van der Waals surface area contributed by atoms with E-state index < -0.39 is 31.7 Å². The number of nitrogens with zero attached hydrogens (tertiary/aromatic N) is 2. The molecule has 2 aromatic heterocycles. The highest BCUT2D eigenvalue weighted by atomic mass is 32.2. The first-order valence-corrected chi connectivity index (χ1v) is 11.8. The molecule has 2 N–H and O–H groups in total. The van der Waals surface area contributed by atoms with Crippen molar-refractivity contribution in [2.45, 2.75) is 26.7 Å². The first-order chi connectivity index (χ1) is 11.1. The van der Waals surface area contributed by atoms with Crippen molar-refractivity contribution in [3.05, 3.63) is 33.2 Å². The van der Waals surface area contributed by atoms with E-state index in [9.17, 15) is 16.8 Å². The van der Waals surface area contributed by atoms with E-state index in [1.807, 2.05) is 11.0 Å². The Morgan fingerprint density at radius 1 is 0.833 bits per heavy atom. The van der Waals surface area contributed by atoms with Crippen molar-refractivity contribution in [1.82, 2.24) is 9.97 Å². The number of aryl methyl sites for hydroxylation is 2. The van der Waals surface area contributed by atoms with Gasteiger partial charge in [0.25, 0.3) is 20.2 Å². The normalized spacial score (nSPS) is 11.0. The standard InChI is InChI=1S/2C5H7NS.C2H6O6S2/c2*1-2-5-3-7-4-6-5;3-9(4,5)1-2-10(6,7)8/h2*3-4H,2H2,1H3;1-2H2,(H,3,4,5)(H,6,7,8). The molecular weight excluding hydrogens is 396 g/mol. The van der Waals surface area contributed by atoms with Crippen molar-refractivity contribution in [2.24, 2.45) is 0 Å². The third-order valence-electron chi connectivity index (χ3n) is 2.29. The van der Waals surface area contributed by atoms with Gasteiger partial charge in [0.1, 0.15) is 0 Å². The van der Waals surface area contributed by atoms with Crippen molar-refractivity contribution >= 4 is 42.9 Å². The average molecular weight is 417 g/mol. The van der Waals surface area contributed by atoms with Crippen molar-refractivity contribution in [3.8, 4) is 0 Å². The maximum absolute atomic E-state index is 9.86. The Balaban J connectivity index is 0.000000337. The summed E-state index contributed by atoms with van der Waals surface area (Å²) in [5.41, 5.74) is 6.12. The van der Waals surface area contributed by atoms with Gasteiger partial charge in [0.05, 0.1) is 33.9 Å². The molecule has 138 valence electrons. The average Bonchev–Trinajstić information content (AvgIpc) is 3.18. The molecule has 0 spiro atoms. The Morgan fingerprint density at radius 3 is 1.29 bits per heavy atom. The monoisotopic (exact) mass is 416 g/mol. The lowest BCUT2D eigenvalue weighted by Crippen LogP contribution is -2.15. The van der Waals surface area contributed by atoms with Crippen LogP contribution in [0.2, 0.25) is 0 Å². The third kappa shape index (κ3) is 14.7. The molecule has 24 heavy (non-hydrogen) atoms. The van der Waals surface area contributed by atoms with Gasteiger partial charge in [-0.25, -0.2) is 9.97 Å². The van der Waals surface area contributed by atoms with E-state index >= 15 is 0 Å². The Bertz CT molecular complexity index is 673. The maximum Gasteiger partial charge on any atom is 0.265 e. The highest BCUT2D eigenvalue weighted by Crippen LogP contribution is 2.00. The highest BCUT2D eigenvalue weighted by Gasteiger charge is 2.11. The first kappa shape index (κ1) is 23.1. The van der Waals surface area contributed by atoms with Crippen LogP contribution in [0.4, 0.5) is 0 Å². The van der Waals surface area contributed by atoms with E-state index in [0.717, 1.165) is 12.8 Å². The zero-order chi connectivity index (χ0) is 18.6. The summed E-state index contributed by atoms with van der Waals surface area (Å²) in [6, 6.07) is 0. The molecule has 12 heteroatoms. The van der Waals surface area contributed by atoms with Gasteiger partial charge in [-0.15, -0.1) is 22.7 Å². The highest BCUT2D eigenvalue weighted by molar-refractivity contribution is 7.89. The molecular formula is C12H20N2O6S4. The molecule has 0 aliphatic carbocycles. The molecule has 0 amide bonds. The molecule has 0 saturated heterocycles. The minimum atomic E-state index is -4.30. The van der Waals surface area contributed by atoms with Gasteiger partial charge in [-0.3, -0.25) is 9.11 Å². The van der Waals surface area contributed by atoms with Gasteiger partial charge in [-0.2, -0.15) is 16.8 Å². The summed E-state index contributed by atoms with van der Waals surface area (Å²) in [6.45, 7) is 4.21. The minimum Gasteiger partial charge on any atom is -0.286 e. The molecule has 8 nitrogen and oxygen atoms in total. The maximum atomic E-state index is 9.86. The van der Waals surface area contributed by atoms with E-state index in [1.165, 1.54) is 11.4 Å². The minimum absolute atomic E-state index is 0.980. The van der Waals surface area contributed by atoms with E-state index in [1.54, 1.807) is 22.7 Å². The Labute approximate surface area is 150 Å². The van der Waals surface area contributed by atoms with Gasteiger partial charge in [0.2, 0.25) is 0 Å². The molecule has 0 unspecified atom stereocenters. The lowest BCUT2D eigenvalue weighted by Gasteiger charge is -1.92. The second kappa shape index (κ2) is 11.6. The molecule has 0 saturated carbocycles. The predicted molar refractivity (Wildman–Crippen MR) is 95.8 cm³/mol. The molecule has 0 radical (unpaired) electrons. The zero-order valence-corrected chi connectivity index (χ0v) is 16.5. The predicted octanol–water partition coefficient (Wildman–Crippen LogP) is 2.17. The second-order valence-corrected chi connectivity index (χ2v) is 8.82. The number of thiazole rings is 2. The van der Waals surface area contributed by atoms with Crippen molar-refractivity contribution in [2.75, 3.05) is 11.5 Å². The van der Waals surface area contributed by atoms with E-state index in [4.69, 9.17) is 9.11 Å². The van der Waals surface area contributed by atoms with Gasteiger partial charge in [0, 0.05) is 10.8 Å². The summed E-state index contributed by atoms with van der Waals surface area (Å²) in [7, 11) is -8.59. The second-order valence-electron chi connectivity index (χ2n) is 4.24. The van der Waals surface area contributed by atoms with Crippen molar-refractivity contribution in [1.29, 1.82) is 0 Å². The number of hydrogen-bond acceptors (Lipinski definition) is 8. The van der Waals surface area contributed by atoms with Crippen LogP contribution in [0.25, 0.3) is 0 Å². The number of rotatable bonds is 5. The summed E-state index contributed by atoms with van der Waals surface area (Å²) in [4.78, 5) is 8.11. The fraction of sp³-hybridized carbons (Fsp3) is 0.500. The summed E-state index contributed by atoms with van der Waals surface area (Å²) >= 11 is 3.31. The van der Waals surface area contributed by atoms with Crippen LogP contribution in [-0.4, -0.2) is 47.4 Å². The van der Waals surface area contributed by atoms with Crippen LogP contribution >= 0.6 is 22.7 Å². The van der Waals surface area contributed by atoms with Crippen LogP contribution < -0.4 is 0 Å². The smallest absolute Gasteiger partial charge is 0.265 e. The summed E-state index contributed by atoms with van der Waals surface area (Å²) < 4.78 is 55.4. The molecule has 2 heterocycles. The Hall–Kier alpha value is -0.920. The molecule has 0 fully saturated rings. The topological polar surface area (TPSA) is 135 Å². The molecule has 0 aliphatic heterocycles. The Kier molecular flexibility index (Phi) is 11.2. The summed E-state index contributed by atoms with van der Waals surface area (Å²) in [6.07, 6.45) is 2.12. The van der Waals surface area contributed by atoms with Crippen LogP contribution in [0.3, 0.4) is 0 Å².